The van der Waals surface area contributed by atoms with E-state index in [0.717, 1.165) is 0 Å². The molecule has 0 unspecified atom stereocenters. The van der Waals surface area contributed by atoms with Crippen LogP contribution < -0.4 is 5.32 Å². The molecule has 1 saturated heterocycles. The Hall–Kier alpha value is -1.45. The average molecular weight is 224 g/mol. The van der Waals surface area contributed by atoms with Crippen LogP contribution in [0.5, 0.6) is 0 Å². The van der Waals surface area contributed by atoms with Crippen LogP contribution in [0, 0.1) is 11.3 Å². The molecule has 1 aliphatic rings. The molecule has 0 radical (unpaired) electrons. The fraction of sp³-hybridized carbons (Fsp3) is 0.583. The summed E-state index contributed by atoms with van der Waals surface area (Å²) in [5.41, 5.74) is 0.442. The van der Waals surface area contributed by atoms with Crippen molar-refractivity contribution >= 4 is 17.5 Å². The maximum atomic E-state index is 11.0. The highest BCUT2D eigenvalue weighted by molar-refractivity contribution is 6.48. The van der Waals surface area contributed by atoms with Crippen LogP contribution in [0.25, 0.3) is 0 Å². The van der Waals surface area contributed by atoms with Gasteiger partial charge in [0.25, 0.3) is 5.91 Å². The third kappa shape index (κ3) is 4.87. The van der Waals surface area contributed by atoms with E-state index in [4.69, 9.17) is 5.41 Å². The van der Waals surface area contributed by atoms with E-state index >= 15 is 0 Å². The van der Waals surface area contributed by atoms with Gasteiger partial charge in [-0.1, -0.05) is 40.2 Å². The fourth-order valence-electron chi connectivity index (χ4n) is 1.19. The number of carbonyl (C=O) groups is 2. The van der Waals surface area contributed by atoms with Gasteiger partial charge in [-0.05, 0) is 11.5 Å². The molecular weight excluding hydrogens is 204 g/mol. The van der Waals surface area contributed by atoms with Crippen molar-refractivity contribution < 1.29 is 9.59 Å². The standard InChI is InChI=1S/C9H12N2O2.C3H8/c1-5(2)3-6-4-7(12)11-9(13)8(6)10;1-3-2/h3,5,10H,4H2,1-2H3,(H,11,12,13);3H2,1-2H3/b6-3-,10-8?;. The van der Waals surface area contributed by atoms with Crippen molar-refractivity contribution in [2.24, 2.45) is 5.92 Å². The monoisotopic (exact) mass is 224 g/mol. The molecule has 2 amide bonds. The van der Waals surface area contributed by atoms with Gasteiger partial charge < -0.3 is 0 Å². The number of imide groups is 1. The molecule has 0 bridgehead atoms. The zero-order chi connectivity index (χ0) is 12.7. The van der Waals surface area contributed by atoms with E-state index in [1.165, 1.54) is 6.42 Å². The second kappa shape index (κ2) is 6.93. The summed E-state index contributed by atoms with van der Waals surface area (Å²) in [6.07, 6.45) is 3.17. The van der Waals surface area contributed by atoms with Gasteiger partial charge in [-0.15, -0.1) is 0 Å². The second-order valence-corrected chi connectivity index (χ2v) is 4.07. The Balaban J connectivity index is 0.000000673. The number of piperidine rings is 1. The van der Waals surface area contributed by atoms with Crippen LogP contribution >= 0.6 is 0 Å². The van der Waals surface area contributed by atoms with Crippen molar-refractivity contribution in [1.29, 1.82) is 5.41 Å². The Kier molecular flexibility index (Phi) is 6.30. The maximum Gasteiger partial charge on any atom is 0.276 e. The number of nitrogens with one attached hydrogen (secondary N) is 2. The van der Waals surface area contributed by atoms with Crippen molar-refractivity contribution in [3.8, 4) is 0 Å². The number of hydrogen-bond acceptors (Lipinski definition) is 3. The first-order valence-corrected chi connectivity index (χ1v) is 5.56. The summed E-state index contributed by atoms with van der Waals surface area (Å²) in [7, 11) is 0. The first-order valence-electron chi connectivity index (χ1n) is 5.56. The number of allylic oxidation sites excluding steroid dienone is 1. The zero-order valence-electron chi connectivity index (χ0n) is 10.4. The molecule has 0 saturated carbocycles. The Morgan fingerprint density at radius 2 is 1.88 bits per heavy atom. The van der Waals surface area contributed by atoms with E-state index < -0.39 is 5.91 Å². The number of hydrogen-bond donors (Lipinski definition) is 2. The molecule has 1 aliphatic heterocycles. The van der Waals surface area contributed by atoms with Gasteiger partial charge in [-0.2, -0.15) is 0 Å². The van der Waals surface area contributed by atoms with Gasteiger partial charge >= 0.3 is 0 Å². The van der Waals surface area contributed by atoms with Crippen molar-refractivity contribution in [3.05, 3.63) is 11.6 Å². The lowest BCUT2D eigenvalue weighted by atomic mass is 9.98. The number of amides is 2. The predicted molar refractivity (Wildman–Crippen MR) is 64.4 cm³/mol. The van der Waals surface area contributed by atoms with Gasteiger partial charge in [0, 0.05) is 0 Å². The van der Waals surface area contributed by atoms with Gasteiger partial charge in [0.2, 0.25) is 5.91 Å². The lowest BCUT2D eigenvalue weighted by molar-refractivity contribution is -0.127. The molecule has 1 heterocycles. The van der Waals surface area contributed by atoms with Gasteiger partial charge in [0.05, 0.1) is 6.42 Å². The fourth-order valence-corrected chi connectivity index (χ4v) is 1.19. The second-order valence-electron chi connectivity index (χ2n) is 4.07. The molecule has 0 aromatic heterocycles. The summed E-state index contributed by atoms with van der Waals surface area (Å²) in [4.78, 5) is 21.9. The van der Waals surface area contributed by atoms with E-state index in [1.807, 2.05) is 13.8 Å². The molecule has 0 spiro atoms. The molecule has 90 valence electrons. The summed E-state index contributed by atoms with van der Waals surface area (Å²) in [5.74, 6) is -0.676. The normalized spacial score (nSPS) is 18.3. The maximum absolute atomic E-state index is 11.0. The molecular formula is C12H20N2O2. The Bertz CT molecular complexity index is 317. The predicted octanol–water partition coefficient (Wildman–Crippen LogP) is 2.05. The highest BCUT2D eigenvalue weighted by Crippen LogP contribution is 2.12. The summed E-state index contributed by atoms with van der Waals surface area (Å²) in [6, 6.07) is 0. The highest BCUT2D eigenvalue weighted by Gasteiger charge is 2.24. The lowest BCUT2D eigenvalue weighted by Gasteiger charge is -2.15. The van der Waals surface area contributed by atoms with Gasteiger partial charge in [0.15, 0.2) is 0 Å². The quantitative estimate of drug-likeness (QED) is 0.669. The molecule has 0 atom stereocenters. The molecule has 0 aromatic rings. The molecule has 4 heteroatoms. The van der Waals surface area contributed by atoms with Crippen LogP contribution in [0.3, 0.4) is 0 Å². The Morgan fingerprint density at radius 3 is 2.31 bits per heavy atom. The average Bonchev–Trinajstić information content (AvgIpc) is 2.13. The molecule has 0 aliphatic carbocycles. The van der Waals surface area contributed by atoms with Crippen molar-refractivity contribution in [2.75, 3.05) is 0 Å². The summed E-state index contributed by atoms with van der Waals surface area (Å²) >= 11 is 0. The van der Waals surface area contributed by atoms with E-state index in [2.05, 4.69) is 19.2 Å². The first kappa shape index (κ1) is 14.6. The first-order chi connectivity index (χ1) is 7.42. The van der Waals surface area contributed by atoms with E-state index in [-0.39, 0.29) is 24.0 Å². The minimum Gasteiger partial charge on any atom is -0.295 e. The van der Waals surface area contributed by atoms with Crippen molar-refractivity contribution in [3.63, 3.8) is 0 Å². The minimum atomic E-state index is -0.594. The van der Waals surface area contributed by atoms with E-state index in [9.17, 15) is 9.59 Å². The molecule has 1 fully saturated rings. The largest absolute Gasteiger partial charge is 0.295 e. The summed E-state index contributed by atoms with van der Waals surface area (Å²) in [6.45, 7) is 8.13. The Morgan fingerprint density at radius 1 is 1.38 bits per heavy atom. The summed E-state index contributed by atoms with van der Waals surface area (Å²) in [5, 5.41) is 9.49. The third-order valence-electron chi connectivity index (χ3n) is 1.69. The lowest BCUT2D eigenvalue weighted by Crippen LogP contribution is -2.42. The van der Waals surface area contributed by atoms with E-state index in [1.54, 1.807) is 6.08 Å². The van der Waals surface area contributed by atoms with Gasteiger partial charge in [0.1, 0.15) is 5.71 Å². The number of carbonyl (C=O) groups excluding carboxylic acids is 2. The van der Waals surface area contributed by atoms with Gasteiger partial charge in [-0.25, -0.2) is 0 Å². The Labute approximate surface area is 96.6 Å². The van der Waals surface area contributed by atoms with Crippen molar-refractivity contribution in [1.82, 2.24) is 5.32 Å². The molecule has 2 N–H and O–H groups in total. The van der Waals surface area contributed by atoms with Crippen LogP contribution in [0.4, 0.5) is 0 Å². The van der Waals surface area contributed by atoms with Crippen LogP contribution in [-0.4, -0.2) is 17.5 Å². The third-order valence-corrected chi connectivity index (χ3v) is 1.69. The topological polar surface area (TPSA) is 70.0 Å². The zero-order valence-corrected chi connectivity index (χ0v) is 10.4. The van der Waals surface area contributed by atoms with Crippen LogP contribution in [0.15, 0.2) is 11.6 Å². The van der Waals surface area contributed by atoms with Crippen LogP contribution in [0.2, 0.25) is 0 Å². The number of rotatable bonds is 1. The summed E-state index contributed by atoms with van der Waals surface area (Å²) < 4.78 is 0. The molecule has 4 nitrogen and oxygen atoms in total. The molecule has 1 rings (SSSR count). The van der Waals surface area contributed by atoms with Crippen LogP contribution in [-0.2, 0) is 9.59 Å². The smallest absolute Gasteiger partial charge is 0.276 e. The van der Waals surface area contributed by atoms with E-state index in [0.29, 0.717) is 5.57 Å². The highest BCUT2D eigenvalue weighted by atomic mass is 16.2. The molecule has 16 heavy (non-hydrogen) atoms. The van der Waals surface area contributed by atoms with Crippen molar-refractivity contribution in [2.45, 2.75) is 40.5 Å². The van der Waals surface area contributed by atoms with Gasteiger partial charge in [-0.3, -0.25) is 20.3 Å². The minimum absolute atomic E-state index is 0.0895. The SMILES string of the molecule is CC(C)/C=C1/CC(=O)NC(=O)C1=N.CCC. The van der Waals surface area contributed by atoms with Crippen LogP contribution in [0.1, 0.15) is 40.5 Å². The molecule has 0 aromatic carbocycles.